The van der Waals surface area contributed by atoms with E-state index in [-0.39, 0.29) is 11.2 Å². The van der Waals surface area contributed by atoms with Crippen LogP contribution in [-0.4, -0.2) is 5.78 Å². The molecule has 1 aliphatic carbocycles. The Morgan fingerprint density at radius 3 is 2.45 bits per heavy atom. The smallest absolute Gasteiger partial charge is 0.160 e. The van der Waals surface area contributed by atoms with E-state index in [1.165, 1.54) is 6.42 Å². The lowest BCUT2D eigenvalue weighted by Crippen LogP contribution is -2.34. The van der Waals surface area contributed by atoms with Crippen molar-refractivity contribution in [2.45, 2.75) is 44.9 Å². The van der Waals surface area contributed by atoms with E-state index >= 15 is 0 Å². The van der Waals surface area contributed by atoms with E-state index in [0.29, 0.717) is 15.6 Å². The summed E-state index contributed by atoms with van der Waals surface area (Å²) in [6.45, 7) is 1.98. The van der Waals surface area contributed by atoms with Crippen LogP contribution in [0.3, 0.4) is 0 Å². The zero-order chi connectivity index (χ0) is 14.8. The summed E-state index contributed by atoms with van der Waals surface area (Å²) in [5.41, 5.74) is 0.254. The number of hydrogen-bond acceptors (Lipinski definition) is 2. The standard InChI is InChI=1S/C16H17Cl2NO/c1-16(7-3-2-4-8-16)15(20)12(10-19)11-5-6-13(17)14(18)9-11/h5-6,9,12H,2-4,7-8H2,1H3. The normalized spacial score (nSPS) is 19.1. The Balaban J connectivity index is 2.30. The van der Waals surface area contributed by atoms with Gasteiger partial charge in [0.1, 0.15) is 5.92 Å². The number of nitrogens with zero attached hydrogens (tertiary/aromatic N) is 1. The van der Waals surface area contributed by atoms with E-state index in [2.05, 4.69) is 6.07 Å². The number of carbonyl (C=O) groups is 1. The summed E-state index contributed by atoms with van der Waals surface area (Å²) < 4.78 is 0. The van der Waals surface area contributed by atoms with E-state index in [1.807, 2.05) is 6.92 Å². The average molecular weight is 310 g/mol. The van der Waals surface area contributed by atoms with Gasteiger partial charge in [0.2, 0.25) is 0 Å². The van der Waals surface area contributed by atoms with Crippen LogP contribution >= 0.6 is 23.2 Å². The summed E-state index contributed by atoms with van der Waals surface area (Å²) in [5, 5.41) is 10.2. The maximum absolute atomic E-state index is 12.7. The Bertz CT molecular complexity index is 556. The molecule has 2 nitrogen and oxygen atoms in total. The topological polar surface area (TPSA) is 40.9 Å². The maximum Gasteiger partial charge on any atom is 0.160 e. The molecule has 106 valence electrons. The molecule has 1 aliphatic rings. The zero-order valence-electron chi connectivity index (χ0n) is 11.5. The lowest BCUT2D eigenvalue weighted by Gasteiger charge is -2.33. The van der Waals surface area contributed by atoms with E-state index in [1.54, 1.807) is 18.2 Å². The van der Waals surface area contributed by atoms with Crippen LogP contribution in [-0.2, 0) is 4.79 Å². The maximum atomic E-state index is 12.7. The van der Waals surface area contributed by atoms with Gasteiger partial charge in [0, 0.05) is 5.41 Å². The van der Waals surface area contributed by atoms with Crippen molar-refractivity contribution in [3.05, 3.63) is 33.8 Å². The first-order valence-electron chi connectivity index (χ1n) is 6.87. The molecule has 2 rings (SSSR count). The van der Waals surface area contributed by atoms with Crippen LogP contribution in [0, 0.1) is 16.7 Å². The predicted octanol–water partition coefficient (Wildman–Crippen LogP) is 5.14. The van der Waals surface area contributed by atoms with Gasteiger partial charge >= 0.3 is 0 Å². The van der Waals surface area contributed by atoms with Crippen molar-refractivity contribution < 1.29 is 4.79 Å². The molecule has 1 atom stereocenters. The molecule has 0 aliphatic heterocycles. The Morgan fingerprint density at radius 1 is 1.25 bits per heavy atom. The molecule has 0 heterocycles. The third-order valence-electron chi connectivity index (χ3n) is 4.22. The molecule has 0 saturated heterocycles. The largest absolute Gasteiger partial charge is 0.297 e. The van der Waals surface area contributed by atoms with Crippen LogP contribution in [0.15, 0.2) is 18.2 Å². The third kappa shape index (κ3) is 3.00. The molecule has 0 amide bonds. The minimum atomic E-state index is -0.757. The molecule has 0 N–H and O–H groups in total. The minimum absolute atomic E-state index is 0.0121. The lowest BCUT2D eigenvalue weighted by molar-refractivity contribution is -0.129. The molecule has 1 aromatic rings. The predicted molar refractivity (Wildman–Crippen MR) is 81.0 cm³/mol. The van der Waals surface area contributed by atoms with Crippen molar-refractivity contribution in [1.82, 2.24) is 0 Å². The summed E-state index contributed by atoms with van der Waals surface area (Å²) >= 11 is 11.9. The van der Waals surface area contributed by atoms with Gasteiger partial charge in [0.25, 0.3) is 0 Å². The Morgan fingerprint density at radius 2 is 1.90 bits per heavy atom. The quantitative estimate of drug-likeness (QED) is 0.775. The Kier molecular flexibility index (Phi) is 4.73. The van der Waals surface area contributed by atoms with Gasteiger partial charge in [-0.1, -0.05) is 55.5 Å². The van der Waals surface area contributed by atoms with Crippen molar-refractivity contribution in [1.29, 1.82) is 5.26 Å². The average Bonchev–Trinajstić information content (AvgIpc) is 2.44. The number of hydrogen-bond donors (Lipinski definition) is 0. The Labute approximate surface area is 129 Å². The minimum Gasteiger partial charge on any atom is -0.297 e. The molecule has 1 unspecified atom stereocenters. The molecule has 4 heteroatoms. The van der Waals surface area contributed by atoms with Gasteiger partial charge in [0.15, 0.2) is 5.78 Å². The number of Topliss-reactive ketones (excluding diaryl/α,β-unsaturated/α-hetero) is 1. The fourth-order valence-corrected chi connectivity index (χ4v) is 3.21. The SMILES string of the molecule is CC1(C(=O)C(C#N)c2ccc(Cl)c(Cl)c2)CCCCC1. The highest BCUT2D eigenvalue weighted by Gasteiger charge is 2.39. The number of ketones is 1. The first kappa shape index (κ1) is 15.4. The van der Waals surface area contributed by atoms with Gasteiger partial charge < -0.3 is 0 Å². The van der Waals surface area contributed by atoms with Crippen molar-refractivity contribution in [2.75, 3.05) is 0 Å². The molecule has 20 heavy (non-hydrogen) atoms. The van der Waals surface area contributed by atoms with Crippen molar-refractivity contribution in [3.8, 4) is 6.07 Å². The van der Waals surface area contributed by atoms with Gasteiger partial charge in [-0.2, -0.15) is 5.26 Å². The highest BCUT2D eigenvalue weighted by molar-refractivity contribution is 6.42. The summed E-state index contributed by atoms with van der Waals surface area (Å²) in [5.74, 6) is -0.744. The van der Waals surface area contributed by atoms with Crippen LogP contribution in [0.25, 0.3) is 0 Å². The number of benzene rings is 1. The van der Waals surface area contributed by atoms with E-state index in [9.17, 15) is 10.1 Å². The van der Waals surface area contributed by atoms with E-state index in [4.69, 9.17) is 23.2 Å². The number of nitriles is 1. The molecule has 0 bridgehead atoms. The molecule has 0 aromatic heterocycles. The highest BCUT2D eigenvalue weighted by Crippen LogP contribution is 2.41. The second-order valence-corrected chi connectivity index (χ2v) is 6.54. The summed E-state index contributed by atoms with van der Waals surface area (Å²) in [6, 6.07) is 7.12. The van der Waals surface area contributed by atoms with Gasteiger partial charge in [-0.3, -0.25) is 4.79 Å². The van der Waals surface area contributed by atoms with Crippen LogP contribution in [0.2, 0.25) is 10.0 Å². The van der Waals surface area contributed by atoms with Crippen molar-refractivity contribution in [3.63, 3.8) is 0 Å². The van der Waals surface area contributed by atoms with Gasteiger partial charge in [-0.25, -0.2) is 0 Å². The highest BCUT2D eigenvalue weighted by atomic mass is 35.5. The molecular formula is C16H17Cl2NO. The number of halogens is 2. The molecule has 1 saturated carbocycles. The summed E-state index contributed by atoms with van der Waals surface area (Å²) in [4.78, 5) is 12.7. The first-order valence-corrected chi connectivity index (χ1v) is 7.62. The lowest BCUT2D eigenvalue weighted by atomic mass is 9.68. The molecule has 1 fully saturated rings. The van der Waals surface area contributed by atoms with Crippen LogP contribution in [0.5, 0.6) is 0 Å². The first-order chi connectivity index (χ1) is 9.48. The Hall–Kier alpha value is -1.04. The summed E-state index contributed by atoms with van der Waals surface area (Å²) in [7, 11) is 0. The van der Waals surface area contributed by atoms with Crippen LogP contribution < -0.4 is 0 Å². The van der Waals surface area contributed by atoms with Gasteiger partial charge in [-0.15, -0.1) is 0 Å². The second-order valence-electron chi connectivity index (χ2n) is 5.72. The fourth-order valence-electron chi connectivity index (χ4n) is 2.90. The van der Waals surface area contributed by atoms with Crippen molar-refractivity contribution in [2.24, 2.45) is 5.41 Å². The number of carbonyl (C=O) groups excluding carboxylic acids is 1. The number of rotatable bonds is 3. The van der Waals surface area contributed by atoms with Crippen LogP contribution in [0.1, 0.15) is 50.5 Å². The molecule has 0 spiro atoms. The molecule has 1 aromatic carbocycles. The molecule has 0 radical (unpaired) electrons. The second kappa shape index (κ2) is 6.16. The van der Waals surface area contributed by atoms with E-state index < -0.39 is 5.92 Å². The summed E-state index contributed by atoms with van der Waals surface area (Å²) in [6.07, 6.45) is 5.02. The van der Waals surface area contributed by atoms with Gasteiger partial charge in [0.05, 0.1) is 16.1 Å². The zero-order valence-corrected chi connectivity index (χ0v) is 13.0. The van der Waals surface area contributed by atoms with Crippen molar-refractivity contribution >= 4 is 29.0 Å². The monoisotopic (exact) mass is 309 g/mol. The van der Waals surface area contributed by atoms with Crippen LogP contribution in [0.4, 0.5) is 0 Å². The van der Waals surface area contributed by atoms with E-state index in [0.717, 1.165) is 25.7 Å². The third-order valence-corrected chi connectivity index (χ3v) is 4.96. The van der Waals surface area contributed by atoms with Gasteiger partial charge in [-0.05, 0) is 30.5 Å². The molecular weight excluding hydrogens is 293 g/mol. The fraction of sp³-hybridized carbons (Fsp3) is 0.500.